The lowest BCUT2D eigenvalue weighted by Gasteiger charge is -2.13. The second-order valence-corrected chi connectivity index (χ2v) is 3.73. The largest absolute Gasteiger partial charge is 0.488 e. The van der Waals surface area contributed by atoms with E-state index in [0.29, 0.717) is 15.8 Å². The van der Waals surface area contributed by atoms with Gasteiger partial charge in [-0.2, -0.15) is 0 Å². The molecule has 0 saturated carbocycles. The van der Waals surface area contributed by atoms with Crippen LogP contribution in [0.5, 0.6) is 5.75 Å². The van der Waals surface area contributed by atoms with E-state index in [1.807, 2.05) is 0 Å². The van der Waals surface area contributed by atoms with Gasteiger partial charge in [0.2, 0.25) is 0 Å². The number of hydrogen-bond donors (Lipinski definition) is 1. The Kier molecular flexibility index (Phi) is 4.10. The highest BCUT2D eigenvalue weighted by Crippen LogP contribution is 2.25. The molecule has 14 heavy (non-hydrogen) atoms. The molecule has 1 atom stereocenters. The summed E-state index contributed by atoms with van der Waals surface area (Å²) in [7, 11) is 0. The van der Waals surface area contributed by atoms with Gasteiger partial charge in [0.15, 0.2) is 6.29 Å². The minimum atomic E-state index is -0.317. The lowest BCUT2D eigenvalue weighted by Crippen LogP contribution is -2.17. The Hall–Kier alpha value is -0.870. The van der Waals surface area contributed by atoms with Crippen LogP contribution in [-0.2, 0) is 0 Å². The quantitative estimate of drug-likeness (QED) is 0.841. The number of aliphatic hydroxyl groups is 1. The molecule has 0 aliphatic carbocycles. The number of aldehydes is 1. The molecule has 0 spiro atoms. The van der Waals surface area contributed by atoms with Crippen LogP contribution in [0.25, 0.3) is 0 Å². The molecule has 0 amide bonds. The topological polar surface area (TPSA) is 46.5 Å². The van der Waals surface area contributed by atoms with Gasteiger partial charge in [0, 0.05) is 4.47 Å². The van der Waals surface area contributed by atoms with E-state index in [0.717, 1.165) is 6.29 Å². The lowest BCUT2D eigenvalue weighted by molar-refractivity contribution is 0.109. The highest BCUT2D eigenvalue weighted by Gasteiger charge is 2.09. The Morgan fingerprint density at radius 2 is 2.36 bits per heavy atom. The van der Waals surface area contributed by atoms with Crippen molar-refractivity contribution in [1.29, 1.82) is 0 Å². The maximum atomic E-state index is 10.7. The second-order valence-electron chi connectivity index (χ2n) is 2.88. The van der Waals surface area contributed by atoms with E-state index < -0.39 is 0 Å². The summed E-state index contributed by atoms with van der Waals surface area (Å²) in [5, 5.41) is 8.80. The summed E-state index contributed by atoms with van der Waals surface area (Å²) >= 11 is 3.25. The molecule has 3 nitrogen and oxygen atoms in total. The van der Waals surface area contributed by atoms with Crippen LogP contribution in [0.3, 0.4) is 0 Å². The third-order valence-electron chi connectivity index (χ3n) is 1.72. The molecule has 0 aliphatic rings. The van der Waals surface area contributed by atoms with Crippen molar-refractivity contribution >= 4 is 22.2 Å². The van der Waals surface area contributed by atoms with Gasteiger partial charge in [-0.1, -0.05) is 6.07 Å². The zero-order chi connectivity index (χ0) is 10.6. The number of benzene rings is 1. The van der Waals surface area contributed by atoms with Crippen molar-refractivity contribution in [2.45, 2.75) is 13.0 Å². The van der Waals surface area contributed by atoms with Crippen molar-refractivity contribution in [1.82, 2.24) is 0 Å². The van der Waals surface area contributed by atoms with Gasteiger partial charge >= 0.3 is 0 Å². The molecule has 1 rings (SSSR count). The lowest BCUT2D eigenvalue weighted by atomic mass is 10.2. The number of carbonyl (C=O) groups excluding carboxylic acids is 1. The first-order chi connectivity index (χ1) is 6.69. The van der Waals surface area contributed by atoms with Crippen molar-refractivity contribution in [3.8, 4) is 5.75 Å². The molecular weight excluding hydrogens is 248 g/mol. The van der Waals surface area contributed by atoms with Crippen LogP contribution in [0.1, 0.15) is 17.3 Å². The van der Waals surface area contributed by atoms with E-state index in [2.05, 4.69) is 15.9 Å². The van der Waals surface area contributed by atoms with Crippen molar-refractivity contribution in [3.05, 3.63) is 28.2 Å². The van der Waals surface area contributed by atoms with Gasteiger partial charge in [-0.3, -0.25) is 4.79 Å². The maximum Gasteiger partial charge on any atom is 0.154 e. The van der Waals surface area contributed by atoms with E-state index in [9.17, 15) is 4.79 Å². The molecule has 1 aromatic carbocycles. The zero-order valence-corrected chi connectivity index (χ0v) is 9.32. The minimum absolute atomic E-state index is 0.0786. The molecule has 0 heterocycles. The average Bonchev–Trinajstić information content (AvgIpc) is 2.18. The summed E-state index contributed by atoms with van der Waals surface area (Å²) in [6.07, 6.45) is 0.409. The maximum absolute atomic E-state index is 10.7. The third kappa shape index (κ3) is 2.56. The predicted molar refractivity (Wildman–Crippen MR) is 56.7 cm³/mol. The first-order valence-corrected chi connectivity index (χ1v) is 4.99. The van der Waals surface area contributed by atoms with Gasteiger partial charge in [-0.25, -0.2) is 0 Å². The fourth-order valence-corrected chi connectivity index (χ4v) is 1.43. The SMILES string of the molecule is C[C@@H](CO)Oc1cccc(Br)c1C=O. The second kappa shape index (κ2) is 5.12. The molecule has 0 fully saturated rings. The first kappa shape index (κ1) is 11.2. The highest BCUT2D eigenvalue weighted by atomic mass is 79.9. The molecule has 1 N–H and O–H groups in total. The Morgan fingerprint density at radius 3 is 2.93 bits per heavy atom. The number of hydrogen-bond acceptors (Lipinski definition) is 3. The van der Waals surface area contributed by atoms with E-state index in [1.54, 1.807) is 25.1 Å². The molecule has 0 aromatic heterocycles. The first-order valence-electron chi connectivity index (χ1n) is 4.20. The predicted octanol–water partition coefficient (Wildman–Crippen LogP) is 2.02. The third-order valence-corrected chi connectivity index (χ3v) is 2.41. The van der Waals surface area contributed by atoms with Crippen molar-refractivity contribution in [3.63, 3.8) is 0 Å². The zero-order valence-electron chi connectivity index (χ0n) is 7.74. The van der Waals surface area contributed by atoms with Gasteiger partial charge in [-0.05, 0) is 35.0 Å². The summed E-state index contributed by atoms with van der Waals surface area (Å²) in [6.45, 7) is 1.65. The van der Waals surface area contributed by atoms with Crippen molar-refractivity contribution in [2.24, 2.45) is 0 Å². The molecule has 0 radical (unpaired) electrons. The normalized spacial score (nSPS) is 12.2. The van der Waals surface area contributed by atoms with Crippen LogP contribution >= 0.6 is 15.9 Å². The number of halogens is 1. The monoisotopic (exact) mass is 258 g/mol. The van der Waals surface area contributed by atoms with Crippen LogP contribution in [0.4, 0.5) is 0 Å². The Morgan fingerprint density at radius 1 is 1.64 bits per heavy atom. The average molecular weight is 259 g/mol. The Labute approximate surface area is 90.8 Å². The van der Waals surface area contributed by atoms with Crippen LogP contribution in [-0.4, -0.2) is 24.1 Å². The molecule has 0 saturated heterocycles. The summed E-state index contributed by atoms with van der Waals surface area (Å²) in [4.78, 5) is 10.7. The summed E-state index contributed by atoms with van der Waals surface area (Å²) in [5.74, 6) is 0.482. The van der Waals surface area contributed by atoms with Gasteiger partial charge in [-0.15, -0.1) is 0 Å². The Bertz CT molecular complexity index is 325. The van der Waals surface area contributed by atoms with E-state index in [-0.39, 0.29) is 12.7 Å². The Balaban J connectivity index is 2.96. The number of rotatable bonds is 4. The molecule has 0 aliphatic heterocycles. The van der Waals surface area contributed by atoms with Gasteiger partial charge in [0.05, 0.1) is 12.2 Å². The van der Waals surface area contributed by atoms with Crippen molar-refractivity contribution in [2.75, 3.05) is 6.61 Å². The summed E-state index contributed by atoms with van der Waals surface area (Å²) in [6, 6.07) is 5.23. The fourth-order valence-electron chi connectivity index (χ4n) is 0.988. The summed E-state index contributed by atoms with van der Waals surface area (Å²) in [5.41, 5.74) is 0.466. The van der Waals surface area contributed by atoms with E-state index in [4.69, 9.17) is 9.84 Å². The van der Waals surface area contributed by atoms with Gasteiger partial charge < -0.3 is 9.84 Å². The fraction of sp³-hybridized carbons (Fsp3) is 0.300. The van der Waals surface area contributed by atoms with E-state index >= 15 is 0 Å². The summed E-state index contributed by atoms with van der Waals surface area (Å²) < 4.78 is 6.05. The van der Waals surface area contributed by atoms with Crippen LogP contribution < -0.4 is 4.74 Å². The molecule has 0 unspecified atom stereocenters. The van der Waals surface area contributed by atoms with Crippen LogP contribution in [0.15, 0.2) is 22.7 Å². The standard InChI is InChI=1S/C10H11BrO3/c1-7(5-12)14-10-4-2-3-9(11)8(10)6-13/h2-4,6-7,12H,5H2,1H3/t7-/m0/s1. The molecule has 4 heteroatoms. The molecule has 76 valence electrons. The molecule has 1 aromatic rings. The van der Waals surface area contributed by atoms with Crippen LogP contribution in [0.2, 0.25) is 0 Å². The van der Waals surface area contributed by atoms with Crippen molar-refractivity contribution < 1.29 is 14.6 Å². The van der Waals surface area contributed by atoms with Gasteiger partial charge in [0.25, 0.3) is 0 Å². The number of aliphatic hydroxyl groups excluding tert-OH is 1. The minimum Gasteiger partial charge on any atom is -0.488 e. The highest BCUT2D eigenvalue weighted by molar-refractivity contribution is 9.10. The molecule has 0 bridgehead atoms. The number of ether oxygens (including phenoxy) is 1. The van der Waals surface area contributed by atoms with Gasteiger partial charge in [0.1, 0.15) is 11.9 Å². The smallest absolute Gasteiger partial charge is 0.154 e. The number of carbonyl (C=O) groups is 1. The van der Waals surface area contributed by atoms with E-state index in [1.165, 1.54) is 0 Å². The van der Waals surface area contributed by atoms with Crippen LogP contribution in [0, 0.1) is 0 Å². The molecular formula is C10H11BrO3.